The maximum Gasteiger partial charge on any atom is 0.357 e. The summed E-state index contributed by atoms with van der Waals surface area (Å²) in [5, 5.41) is 0. The minimum Gasteiger partial charge on any atom is -0.461 e. The highest BCUT2D eigenvalue weighted by molar-refractivity contribution is 5.89. The Morgan fingerprint density at radius 3 is 2.88 bits per heavy atom. The van der Waals surface area contributed by atoms with Gasteiger partial charge in [-0.1, -0.05) is 0 Å². The minimum atomic E-state index is -0.363. The molecule has 0 radical (unpaired) electrons. The van der Waals surface area contributed by atoms with Crippen molar-refractivity contribution in [2.75, 3.05) is 6.61 Å². The minimum absolute atomic E-state index is 0.352. The maximum atomic E-state index is 11.7. The van der Waals surface area contributed by atoms with Gasteiger partial charge in [0.2, 0.25) is 5.78 Å². The first-order valence-electron chi connectivity index (χ1n) is 5.13. The van der Waals surface area contributed by atoms with Gasteiger partial charge in [0.25, 0.3) is 0 Å². The van der Waals surface area contributed by atoms with Crippen LogP contribution < -0.4 is 0 Å². The molecule has 5 heteroatoms. The molecule has 84 valence electrons. The number of aryl methyl sites for hydroxylation is 2. The second-order valence-corrected chi connectivity index (χ2v) is 3.51. The van der Waals surface area contributed by atoms with Gasteiger partial charge in [-0.3, -0.25) is 4.40 Å². The molecule has 0 aliphatic heterocycles. The highest BCUT2D eigenvalue weighted by Crippen LogP contribution is 2.12. The summed E-state index contributed by atoms with van der Waals surface area (Å²) in [6, 6.07) is 1.83. The third-order valence-corrected chi connectivity index (χ3v) is 2.28. The number of nitrogens with zero attached hydrogens (tertiary/aromatic N) is 3. The molecular formula is C11H13N3O2. The van der Waals surface area contributed by atoms with Crippen LogP contribution >= 0.6 is 0 Å². The number of hydrogen-bond acceptors (Lipinski definition) is 4. The lowest BCUT2D eigenvalue weighted by atomic mass is 10.3. The molecule has 5 nitrogen and oxygen atoms in total. The zero-order valence-electron chi connectivity index (χ0n) is 9.52. The van der Waals surface area contributed by atoms with Crippen molar-refractivity contribution in [1.29, 1.82) is 0 Å². The van der Waals surface area contributed by atoms with Gasteiger partial charge in [0.1, 0.15) is 0 Å². The number of carbonyl (C=O) groups is 1. The Bertz CT molecular complexity index is 545. The van der Waals surface area contributed by atoms with Gasteiger partial charge in [-0.2, -0.15) is 0 Å². The number of ether oxygens (including phenoxy) is 1. The molecule has 2 aromatic rings. The van der Waals surface area contributed by atoms with Crippen molar-refractivity contribution in [3.05, 3.63) is 29.3 Å². The first-order valence-corrected chi connectivity index (χ1v) is 5.13. The molecule has 0 aromatic carbocycles. The monoisotopic (exact) mass is 219 g/mol. The molecule has 2 aromatic heterocycles. The van der Waals surface area contributed by atoms with E-state index in [1.54, 1.807) is 24.4 Å². The summed E-state index contributed by atoms with van der Waals surface area (Å²) in [6.07, 6.45) is 1.78. The summed E-state index contributed by atoms with van der Waals surface area (Å²) in [6.45, 7) is 5.79. The molecule has 0 spiro atoms. The van der Waals surface area contributed by atoms with Crippen LogP contribution in [0.5, 0.6) is 0 Å². The van der Waals surface area contributed by atoms with Gasteiger partial charge in [-0.25, -0.2) is 14.8 Å². The predicted octanol–water partition coefficient (Wildman–Crippen LogP) is 1.52. The molecule has 0 atom stereocenters. The second kappa shape index (κ2) is 3.92. The van der Waals surface area contributed by atoms with Crippen molar-refractivity contribution >= 4 is 11.7 Å². The van der Waals surface area contributed by atoms with E-state index in [-0.39, 0.29) is 5.97 Å². The molecule has 2 heterocycles. The topological polar surface area (TPSA) is 56.5 Å². The van der Waals surface area contributed by atoms with Gasteiger partial charge in [-0.15, -0.1) is 0 Å². The highest BCUT2D eigenvalue weighted by Gasteiger charge is 2.17. The summed E-state index contributed by atoms with van der Waals surface area (Å²) in [4.78, 5) is 20.2. The van der Waals surface area contributed by atoms with Crippen LogP contribution in [0.1, 0.15) is 28.8 Å². The van der Waals surface area contributed by atoms with E-state index < -0.39 is 0 Å². The van der Waals surface area contributed by atoms with E-state index in [2.05, 4.69) is 9.97 Å². The second-order valence-electron chi connectivity index (χ2n) is 3.51. The number of rotatable bonds is 2. The highest BCUT2D eigenvalue weighted by atomic mass is 16.5. The third kappa shape index (κ3) is 1.64. The molecule has 0 saturated carbocycles. The molecule has 0 N–H and O–H groups in total. The summed E-state index contributed by atoms with van der Waals surface area (Å²) >= 11 is 0. The zero-order valence-corrected chi connectivity index (χ0v) is 9.52. The summed E-state index contributed by atoms with van der Waals surface area (Å²) in [7, 11) is 0. The first-order chi connectivity index (χ1) is 7.63. The molecule has 2 rings (SSSR count). The quantitative estimate of drug-likeness (QED) is 0.718. The van der Waals surface area contributed by atoms with E-state index >= 15 is 0 Å². The van der Waals surface area contributed by atoms with Gasteiger partial charge < -0.3 is 4.74 Å². The van der Waals surface area contributed by atoms with Crippen LogP contribution in [0.3, 0.4) is 0 Å². The van der Waals surface area contributed by atoms with Crippen LogP contribution in [0.2, 0.25) is 0 Å². The average Bonchev–Trinajstić information content (AvgIpc) is 2.53. The Balaban J connectivity index is 2.60. The van der Waals surface area contributed by atoms with E-state index in [1.807, 2.05) is 13.0 Å². The Morgan fingerprint density at radius 1 is 1.44 bits per heavy atom. The summed E-state index contributed by atoms with van der Waals surface area (Å²) in [5.41, 5.74) is 1.95. The van der Waals surface area contributed by atoms with Crippen molar-refractivity contribution in [3.63, 3.8) is 0 Å². The van der Waals surface area contributed by atoms with Crippen LogP contribution in [0.4, 0.5) is 0 Å². The third-order valence-electron chi connectivity index (χ3n) is 2.28. The van der Waals surface area contributed by atoms with Gasteiger partial charge in [0, 0.05) is 11.9 Å². The zero-order chi connectivity index (χ0) is 11.7. The van der Waals surface area contributed by atoms with Gasteiger partial charge in [-0.05, 0) is 26.8 Å². The van der Waals surface area contributed by atoms with Crippen LogP contribution in [-0.2, 0) is 4.74 Å². The van der Waals surface area contributed by atoms with E-state index in [4.69, 9.17) is 4.74 Å². The molecule has 0 fully saturated rings. The van der Waals surface area contributed by atoms with Crippen LogP contribution in [0.25, 0.3) is 5.78 Å². The fraction of sp³-hybridized carbons (Fsp3) is 0.364. The van der Waals surface area contributed by atoms with Crippen molar-refractivity contribution in [2.45, 2.75) is 20.8 Å². The van der Waals surface area contributed by atoms with Crippen LogP contribution in [-0.4, -0.2) is 26.9 Å². The Hall–Kier alpha value is -1.91. The smallest absolute Gasteiger partial charge is 0.357 e. The van der Waals surface area contributed by atoms with Gasteiger partial charge >= 0.3 is 5.97 Å². The number of hydrogen-bond donors (Lipinski definition) is 0. The first kappa shape index (κ1) is 10.6. The lowest BCUT2D eigenvalue weighted by Gasteiger charge is -2.02. The van der Waals surface area contributed by atoms with E-state index in [9.17, 15) is 4.79 Å². The van der Waals surface area contributed by atoms with Crippen molar-refractivity contribution in [2.24, 2.45) is 0 Å². The Labute approximate surface area is 93.1 Å². The lowest BCUT2D eigenvalue weighted by Crippen LogP contribution is -2.09. The lowest BCUT2D eigenvalue weighted by molar-refractivity contribution is 0.0517. The molecule has 0 aliphatic rings. The fourth-order valence-electron chi connectivity index (χ4n) is 1.57. The molecule has 0 amide bonds. The number of carbonyl (C=O) groups excluding carboxylic acids is 1. The molecule has 0 aliphatic carbocycles. The molecule has 0 unspecified atom stereocenters. The molecular weight excluding hydrogens is 206 g/mol. The van der Waals surface area contributed by atoms with Crippen LogP contribution in [0, 0.1) is 13.8 Å². The molecule has 0 saturated heterocycles. The van der Waals surface area contributed by atoms with Crippen molar-refractivity contribution in [1.82, 2.24) is 14.4 Å². The molecule has 16 heavy (non-hydrogen) atoms. The molecule has 0 bridgehead atoms. The summed E-state index contributed by atoms with van der Waals surface area (Å²) in [5.74, 6) is 0.165. The predicted molar refractivity (Wildman–Crippen MR) is 58.4 cm³/mol. The Morgan fingerprint density at radius 2 is 2.19 bits per heavy atom. The van der Waals surface area contributed by atoms with Gasteiger partial charge in [0.15, 0.2) is 5.69 Å². The number of fused-ring (bicyclic) bond motifs is 1. The number of esters is 1. The normalized spacial score (nSPS) is 10.7. The van der Waals surface area contributed by atoms with Crippen molar-refractivity contribution in [3.8, 4) is 0 Å². The summed E-state index contributed by atoms with van der Waals surface area (Å²) < 4.78 is 6.63. The number of aromatic nitrogens is 3. The van der Waals surface area contributed by atoms with Gasteiger partial charge in [0.05, 0.1) is 12.3 Å². The largest absolute Gasteiger partial charge is 0.461 e. The van der Waals surface area contributed by atoms with Crippen molar-refractivity contribution < 1.29 is 9.53 Å². The van der Waals surface area contributed by atoms with E-state index in [1.165, 1.54) is 0 Å². The van der Waals surface area contributed by atoms with E-state index in [0.717, 1.165) is 5.69 Å². The average molecular weight is 219 g/mol. The Kier molecular flexibility index (Phi) is 2.60. The van der Waals surface area contributed by atoms with Crippen LogP contribution in [0.15, 0.2) is 12.3 Å². The SMILES string of the molecule is CCOC(=O)c1c(C)nc2nc(C)ccn12. The number of imidazole rings is 1. The standard InChI is InChI=1S/C11H13N3O2/c1-4-16-10(15)9-8(3)13-11-12-7(2)5-6-14(9)11/h5-6H,4H2,1-3H3. The van der Waals surface area contributed by atoms with E-state index in [0.29, 0.717) is 23.8 Å². The maximum absolute atomic E-state index is 11.7. The fourth-order valence-corrected chi connectivity index (χ4v) is 1.57.